The lowest BCUT2D eigenvalue weighted by molar-refractivity contribution is -0.384. The molecule has 0 bridgehead atoms. The van der Waals surface area contributed by atoms with E-state index < -0.39 is 33.0 Å². The van der Waals surface area contributed by atoms with Crippen LogP contribution in [0.25, 0.3) is 0 Å². The molecule has 0 spiro atoms. The van der Waals surface area contributed by atoms with Crippen molar-refractivity contribution in [1.29, 1.82) is 0 Å². The molecule has 4 rings (SSSR count). The van der Waals surface area contributed by atoms with Gasteiger partial charge in [-0.3, -0.25) is 19.7 Å². The minimum atomic E-state index is -4.14. The van der Waals surface area contributed by atoms with E-state index in [0.29, 0.717) is 5.56 Å². The van der Waals surface area contributed by atoms with Gasteiger partial charge in [-0.05, 0) is 53.8 Å². The predicted octanol–water partition coefficient (Wildman–Crippen LogP) is 3.16. The number of amides is 2. The smallest absolute Gasteiger partial charge is 0.269 e. The number of hydrogen-bond donors (Lipinski definition) is 2. The fourth-order valence-corrected chi connectivity index (χ4v) is 6.54. The van der Waals surface area contributed by atoms with Crippen LogP contribution in [0.3, 0.4) is 0 Å². The highest BCUT2D eigenvalue weighted by atomic mass is 32.2. The van der Waals surface area contributed by atoms with Crippen molar-refractivity contribution in [3.63, 3.8) is 0 Å². The molecule has 0 saturated carbocycles. The number of likely N-dealkylation sites (N-methyl/N-ethyl adjacent to an activating group) is 1. The van der Waals surface area contributed by atoms with Crippen LogP contribution in [0.2, 0.25) is 0 Å². The van der Waals surface area contributed by atoms with Crippen LogP contribution in [0.4, 0.5) is 11.4 Å². The van der Waals surface area contributed by atoms with Gasteiger partial charge in [0.05, 0.1) is 28.4 Å². The SMILES string of the molecule is CC(C)CN(C[C@@H](O)[C@H](Cc1ccccc1)NC(=O)c1ccc2c(c1)CC(=O)N2C)S(=O)(=O)c1ccc([N+](=O)[O-])cc1. The van der Waals surface area contributed by atoms with Crippen molar-refractivity contribution in [3.8, 4) is 0 Å². The number of anilines is 1. The molecular weight excluding hydrogens is 560 g/mol. The number of benzene rings is 3. The van der Waals surface area contributed by atoms with Crippen LogP contribution in [0, 0.1) is 16.0 Å². The number of carbonyl (C=O) groups excluding carboxylic acids is 2. The molecule has 0 saturated heterocycles. The number of nitrogens with zero attached hydrogens (tertiary/aromatic N) is 3. The Morgan fingerprint density at radius 3 is 2.36 bits per heavy atom. The van der Waals surface area contributed by atoms with Crippen molar-refractivity contribution >= 4 is 33.2 Å². The highest BCUT2D eigenvalue weighted by Crippen LogP contribution is 2.28. The van der Waals surface area contributed by atoms with Gasteiger partial charge in [-0.15, -0.1) is 0 Å². The van der Waals surface area contributed by atoms with Crippen molar-refractivity contribution in [1.82, 2.24) is 9.62 Å². The summed E-state index contributed by atoms with van der Waals surface area (Å²) in [4.78, 5) is 37.3. The molecule has 1 aliphatic heterocycles. The zero-order valence-electron chi connectivity index (χ0n) is 23.6. The first-order valence-corrected chi connectivity index (χ1v) is 15.0. The van der Waals surface area contributed by atoms with Crippen molar-refractivity contribution in [3.05, 3.63) is 99.6 Å². The van der Waals surface area contributed by atoms with Crippen LogP contribution < -0.4 is 10.2 Å². The molecule has 3 aromatic rings. The van der Waals surface area contributed by atoms with Gasteiger partial charge in [-0.2, -0.15) is 4.31 Å². The van der Waals surface area contributed by atoms with E-state index in [4.69, 9.17) is 0 Å². The topological polar surface area (TPSA) is 150 Å². The molecule has 0 aliphatic carbocycles. The van der Waals surface area contributed by atoms with E-state index in [9.17, 15) is 33.2 Å². The summed E-state index contributed by atoms with van der Waals surface area (Å²) in [7, 11) is -2.46. The Balaban J connectivity index is 1.60. The Labute approximate surface area is 245 Å². The number of fused-ring (bicyclic) bond motifs is 1. The van der Waals surface area contributed by atoms with E-state index in [1.807, 2.05) is 44.2 Å². The number of nitro groups is 1. The van der Waals surface area contributed by atoms with Gasteiger partial charge >= 0.3 is 0 Å². The standard InChI is InChI=1S/C30H34N4O7S/c1-20(2)18-33(42(40,41)25-12-10-24(11-13-25)34(38)39)19-28(35)26(15-21-7-5-4-6-8-21)31-30(37)22-9-14-27-23(16-22)17-29(36)32(27)3/h4-14,16,20,26,28,35H,15,17-19H2,1-3H3,(H,31,37)/t26-,28+/m0/s1. The average Bonchev–Trinajstić information content (AvgIpc) is 3.24. The monoisotopic (exact) mass is 594 g/mol. The minimum Gasteiger partial charge on any atom is -0.390 e. The molecule has 2 atom stereocenters. The largest absolute Gasteiger partial charge is 0.390 e. The van der Waals surface area contributed by atoms with Crippen LogP contribution in [0.1, 0.15) is 35.3 Å². The second-order valence-corrected chi connectivity index (χ2v) is 12.7. The summed E-state index contributed by atoms with van der Waals surface area (Å²) in [6.07, 6.45) is -0.886. The molecule has 12 heteroatoms. The van der Waals surface area contributed by atoms with Gasteiger partial charge in [0.25, 0.3) is 11.6 Å². The second kappa shape index (κ2) is 12.8. The molecule has 0 aromatic heterocycles. The Morgan fingerprint density at radius 2 is 1.74 bits per heavy atom. The highest BCUT2D eigenvalue weighted by molar-refractivity contribution is 7.89. The van der Waals surface area contributed by atoms with E-state index in [1.54, 1.807) is 25.2 Å². The summed E-state index contributed by atoms with van der Waals surface area (Å²) >= 11 is 0. The minimum absolute atomic E-state index is 0.0700. The van der Waals surface area contributed by atoms with Crippen molar-refractivity contribution < 1.29 is 28.0 Å². The van der Waals surface area contributed by atoms with E-state index in [-0.39, 0.29) is 48.3 Å². The number of nitro benzene ring substituents is 1. The number of hydrogen-bond acceptors (Lipinski definition) is 7. The fraction of sp³-hybridized carbons (Fsp3) is 0.333. The zero-order valence-corrected chi connectivity index (χ0v) is 24.5. The zero-order chi connectivity index (χ0) is 30.6. The lowest BCUT2D eigenvalue weighted by Crippen LogP contribution is -2.51. The number of non-ortho nitro benzene ring substituents is 1. The van der Waals surface area contributed by atoms with Gasteiger partial charge in [0.2, 0.25) is 15.9 Å². The van der Waals surface area contributed by atoms with E-state index in [2.05, 4.69) is 5.32 Å². The summed E-state index contributed by atoms with van der Waals surface area (Å²) in [5, 5.41) is 25.4. The van der Waals surface area contributed by atoms with E-state index >= 15 is 0 Å². The summed E-state index contributed by atoms with van der Waals surface area (Å²) in [5.41, 5.74) is 2.37. The van der Waals surface area contributed by atoms with Crippen LogP contribution in [0.15, 0.2) is 77.7 Å². The summed E-state index contributed by atoms with van der Waals surface area (Å²) in [6.45, 7) is 3.43. The lowest BCUT2D eigenvalue weighted by atomic mass is 10.00. The van der Waals surface area contributed by atoms with Gasteiger partial charge < -0.3 is 15.3 Å². The molecule has 1 aliphatic rings. The van der Waals surface area contributed by atoms with Gasteiger partial charge in [0.1, 0.15) is 0 Å². The number of nitrogens with one attached hydrogen (secondary N) is 1. The first kappa shape index (κ1) is 30.8. The molecule has 1 heterocycles. The second-order valence-electron chi connectivity index (χ2n) is 10.8. The van der Waals surface area contributed by atoms with Crippen LogP contribution in [-0.2, 0) is 27.7 Å². The molecule has 0 radical (unpaired) electrons. The molecule has 2 amide bonds. The number of sulfonamides is 1. The Kier molecular flexibility index (Phi) is 9.40. The maximum Gasteiger partial charge on any atom is 0.269 e. The summed E-state index contributed by atoms with van der Waals surface area (Å²) in [5.74, 6) is -0.632. The van der Waals surface area contributed by atoms with Gasteiger partial charge in [-0.25, -0.2) is 8.42 Å². The number of aliphatic hydroxyl groups is 1. The molecule has 0 unspecified atom stereocenters. The molecule has 3 aromatic carbocycles. The molecule has 222 valence electrons. The maximum atomic E-state index is 13.6. The third-order valence-electron chi connectivity index (χ3n) is 7.14. The predicted molar refractivity (Wildman–Crippen MR) is 158 cm³/mol. The lowest BCUT2D eigenvalue weighted by Gasteiger charge is -2.31. The number of rotatable bonds is 12. The van der Waals surface area contributed by atoms with Gasteiger partial charge in [0.15, 0.2) is 0 Å². The maximum absolute atomic E-state index is 13.6. The number of aliphatic hydroxyl groups excluding tert-OH is 1. The quantitative estimate of drug-likeness (QED) is 0.242. The van der Waals surface area contributed by atoms with Crippen LogP contribution >= 0.6 is 0 Å². The van der Waals surface area contributed by atoms with E-state index in [1.165, 1.54) is 17.0 Å². The first-order chi connectivity index (χ1) is 19.9. The van der Waals surface area contributed by atoms with E-state index in [0.717, 1.165) is 33.3 Å². The fourth-order valence-electron chi connectivity index (χ4n) is 4.92. The normalized spacial score (nSPS) is 14.6. The summed E-state index contributed by atoms with van der Waals surface area (Å²) < 4.78 is 28.3. The molecule has 0 fully saturated rings. The number of carbonyl (C=O) groups is 2. The van der Waals surface area contributed by atoms with Gasteiger partial charge in [0, 0.05) is 43.5 Å². The van der Waals surface area contributed by atoms with Gasteiger partial charge in [-0.1, -0.05) is 44.2 Å². The average molecular weight is 595 g/mol. The highest BCUT2D eigenvalue weighted by Gasteiger charge is 2.32. The first-order valence-electron chi connectivity index (χ1n) is 13.5. The molecular formula is C30H34N4O7S. The molecule has 11 nitrogen and oxygen atoms in total. The summed E-state index contributed by atoms with van der Waals surface area (Å²) in [6, 6.07) is 17.9. The Hall–Kier alpha value is -4.13. The van der Waals surface area contributed by atoms with Crippen molar-refractivity contribution in [2.24, 2.45) is 5.92 Å². The van der Waals surface area contributed by atoms with Crippen LogP contribution in [-0.4, -0.2) is 66.9 Å². The Bertz CT molecular complexity index is 1560. The molecule has 42 heavy (non-hydrogen) atoms. The van der Waals surface area contributed by atoms with Crippen molar-refractivity contribution in [2.45, 2.75) is 43.7 Å². The van der Waals surface area contributed by atoms with Crippen molar-refractivity contribution in [2.75, 3.05) is 25.0 Å². The Morgan fingerprint density at radius 1 is 1.07 bits per heavy atom. The third kappa shape index (κ3) is 7.01. The molecule has 2 N–H and O–H groups in total. The van der Waals surface area contributed by atoms with Crippen LogP contribution in [0.5, 0.6) is 0 Å². The third-order valence-corrected chi connectivity index (χ3v) is 8.99.